The van der Waals surface area contributed by atoms with E-state index in [1.165, 1.54) is 12.1 Å². The number of hydrogen-bond acceptors (Lipinski definition) is 2. The van der Waals surface area contributed by atoms with Crippen molar-refractivity contribution >= 4 is 10.9 Å². The molecule has 0 aliphatic rings. The van der Waals surface area contributed by atoms with E-state index >= 15 is 0 Å². The van der Waals surface area contributed by atoms with E-state index in [4.69, 9.17) is 10.8 Å². The monoisotopic (exact) mass is 236 g/mol. The Morgan fingerprint density at radius 2 is 2.06 bits per heavy atom. The Bertz CT molecular complexity index is 533. The second-order valence-corrected chi connectivity index (χ2v) is 4.53. The van der Waals surface area contributed by atoms with Gasteiger partial charge in [-0.1, -0.05) is 0 Å². The van der Waals surface area contributed by atoms with Crippen LogP contribution in [0.25, 0.3) is 10.9 Å². The minimum atomic E-state index is -0.437. The lowest BCUT2D eigenvalue weighted by molar-refractivity contribution is 0.262. The average Bonchev–Trinajstić information content (AvgIpc) is 2.66. The van der Waals surface area contributed by atoms with Crippen molar-refractivity contribution in [3.05, 3.63) is 35.8 Å². The molecule has 0 saturated heterocycles. The minimum Gasteiger partial charge on any atom is -0.394 e. The first-order valence-electron chi connectivity index (χ1n) is 5.71. The molecular weight excluding hydrogens is 219 g/mol. The zero-order valence-electron chi connectivity index (χ0n) is 10.0. The average molecular weight is 236 g/mol. The Labute approximate surface area is 99.7 Å². The van der Waals surface area contributed by atoms with Crippen molar-refractivity contribution in [3.8, 4) is 0 Å². The van der Waals surface area contributed by atoms with Gasteiger partial charge in [0.15, 0.2) is 0 Å². The molecule has 3 N–H and O–H groups in total. The van der Waals surface area contributed by atoms with Crippen molar-refractivity contribution < 1.29 is 9.50 Å². The molecule has 1 heterocycles. The lowest BCUT2D eigenvalue weighted by Crippen LogP contribution is -2.19. The molecule has 1 unspecified atom stereocenters. The van der Waals surface area contributed by atoms with Gasteiger partial charge in [0.1, 0.15) is 5.82 Å². The molecule has 0 saturated carbocycles. The fourth-order valence-corrected chi connectivity index (χ4v) is 2.18. The molecule has 1 atom stereocenters. The maximum Gasteiger partial charge on any atom is 0.123 e. The van der Waals surface area contributed by atoms with Gasteiger partial charge in [-0.15, -0.1) is 0 Å². The van der Waals surface area contributed by atoms with Crippen LogP contribution in [0.5, 0.6) is 0 Å². The number of benzene rings is 1. The molecule has 0 amide bonds. The number of rotatable bonds is 3. The fourth-order valence-electron chi connectivity index (χ4n) is 2.18. The van der Waals surface area contributed by atoms with Crippen LogP contribution < -0.4 is 5.73 Å². The molecule has 92 valence electrons. The first kappa shape index (κ1) is 12.1. The second-order valence-electron chi connectivity index (χ2n) is 4.53. The van der Waals surface area contributed by atoms with Crippen molar-refractivity contribution in [2.75, 3.05) is 6.61 Å². The number of aromatic nitrogens is 1. The van der Waals surface area contributed by atoms with Gasteiger partial charge in [-0.2, -0.15) is 0 Å². The lowest BCUT2D eigenvalue weighted by atomic mass is 10.2. The van der Waals surface area contributed by atoms with E-state index in [0.29, 0.717) is 0 Å². The molecule has 17 heavy (non-hydrogen) atoms. The van der Waals surface area contributed by atoms with Gasteiger partial charge in [0.05, 0.1) is 12.6 Å². The smallest absolute Gasteiger partial charge is 0.123 e. The van der Waals surface area contributed by atoms with E-state index in [9.17, 15) is 4.39 Å². The van der Waals surface area contributed by atoms with Crippen molar-refractivity contribution in [2.45, 2.75) is 25.9 Å². The molecule has 1 aromatic heterocycles. The van der Waals surface area contributed by atoms with Gasteiger partial charge < -0.3 is 15.4 Å². The largest absolute Gasteiger partial charge is 0.394 e. The zero-order valence-corrected chi connectivity index (χ0v) is 10.0. The van der Waals surface area contributed by atoms with Gasteiger partial charge >= 0.3 is 0 Å². The summed E-state index contributed by atoms with van der Waals surface area (Å²) < 4.78 is 15.2. The summed E-state index contributed by atoms with van der Waals surface area (Å²) in [6.45, 7) is 3.96. The van der Waals surface area contributed by atoms with Gasteiger partial charge in [0, 0.05) is 22.6 Å². The van der Waals surface area contributed by atoms with Crippen LogP contribution in [0.4, 0.5) is 4.39 Å². The summed E-state index contributed by atoms with van der Waals surface area (Å²) in [6.07, 6.45) is 0. The van der Waals surface area contributed by atoms with Crippen LogP contribution in [0, 0.1) is 5.82 Å². The molecule has 2 rings (SSSR count). The van der Waals surface area contributed by atoms with Crippen LogP contribution in [-0.2, 0) is 0 Å². The SMILES string of the molecule is CC(C)n1c(C(N)CO)cc2cc(F)ccc21. The summed E-state index contributed by atoms with van der Waals surface area (Å²) in [5, 5.41) is 9.98. The van der Waals surface area contributed by atoms with Crippen molar-refractivity contribution in [2.24, 2.45) is 5.73 Å². The van der Waals surface area contributed by atoms with Crippen LogP contribution in [0.3, 0.4) is 0 Å². The molecule has 0 spiro atoms. The summed E-state index contributed by atoms with van der Waals surface area (Å²) in [5.74, 6) is -0.262. The summed E-state index contributed by atoms with van der Waals surface area (Å²) >= 11 is 0. The van der Waals surface area contributed by atoms with E-state index in [1.807, 2.05) is 24.5 Å². The first-order chi connectivity index (χ1) is 8.04. The highest BCUT2D eigenvalue weighted by molar-refractivity contribution is 5.81. The Balaban J connectivity index is 2.70. The van der Waals surface area contributed by atoms with E-state index in [-0.39, 0.29) is 18.5 Å². The maximum absolute atomic E-state index is 13.2. The van der Waals surface area contributed by atoms with Gasteiger partial charge in [-0.05, 0) is 38.1 Å². The highest BCUT2D eigenvalue weighted by atomic mass is 19.1. The zero-order chi connectivity index (χ0) is 12.6. The highest BCUT2D eigenvalue weighted by Gasteiger charge is 2.16. The Morgan fingerprint density at radius 1 is 1.35 bits per heavy atom. The number of aliphatic hydroxyl groups is 1. The van der Waals surface area contributed by atoms with Crippen LogP contribution in [0.1, 0.15) is 31.6 Å². The number of aliphatic hydroxyl groups excluding tert-OH is 1. The summed E-state index contributed by atoms with van der Waals surface area (Å²) in [7, 11) is 0. The van der Waals surface area contributed by atoms with E-state index < -0.39 is 6.04 Å². The maximum atomic E-state index is 13.2. The van der Waals surface area contributed by atoms with Crippen molar-refractivity contribution in [3.63, 3.8) is 0 Å². The molecule has 0 bridgehead atoms. The lowest BCUT2D eigenvalue weighted by Gasteiger charge is -2.17. The molecular formula is C13H17FN2O. The molecule has 4 heteroatoms. The molecule has 3 nitrogen and oxygen atoms in total. The van der Waals surface area contributed by atoms with Crippen molar-refractivity contribution in [1.29, 1.82) is 0 Å². The Morgan fingerprint density at radius 3 is 2.65 bits per heavy atom. The summed E-state index contributed by atoms with van der Waals surface area (Å²) in [5.41, 5.74) is 7.65. The van der Waals surface area contributed by atoms with Crippen LogP contribution in [0.2, 0.25) is 0 Å². The fraction of sp³-hybridized carbons (Fsp3) is 0.385. The van der Waals surface area contributed by atoms with E-state index in [1.54, 1.807) is 6.07 Å². The van der Waals surface area contributed by atoms with Gasteiger partial charge in [-0.25, -0.2) is 4.39 Å². The standard InChI is InChI=1S/C13H17FN2O/c1-8(2)16-12-4-3-10(14)5-9(12)6-13(16)11(15)7-17/h3-6,8,11,17H,7,15H2,1-2H3. The van der Waals surface area contributed by atoms with Gasteiger partial charge in [0.25, 0.3) is 0 Å². The molecule has 2 aromatic rings. The normalized spacial score (nSPS) is 13.5. The predicted molar refractivity (Wildman–Crippen MR) is 66.3 cm³/mol. The Kier molecular flexibility index (Phi) is 3.17. The molecule has 1 aromatic carbocycles. The Hall–Kier alpha value is -1.39. The summed E-state index contributed by atoms with van der Waals surface area (Å²) in [4.78, 5) is 0. The van der Waals surface area contributed by atoms with E-state index in [0.717, 1.165) is 16.6 Å². The molecule has 0 radical (unpaired) electrons. The van der Waals surface area contributed by atoms with E-state index in [2.05, 4.69) is 0 Å². The summed E-state index contributed by atoms with van der Waals surface area (Å²) in [6, 6.07) is 6.30. The predicted octanol–water partition coefficient (Wildman–Crippen LogP) is 2.35. The van der Waals surface area contributed by atoms with Gasteiger partial charge in [-0.3, -0.25) is 0 Å². The number of nitrogens with zero attached hydrogens (tertiary/aromatic N) is 1. The highest BCUT2D eigenvalue weighted by Crippen LogP contribution is 2.27. The third-order valence-electron chi connectivity index (χ3n) is 2.92. The number of hydrogen-bond donors (Lipinski definition) is 2. The number of nitrogens with two attached hydrogens (primary N) is 1. The molecule has 0 aliphatic carbocycles. The van der Waals surface area contributed by atoms with Crippen LogP contribution >= 0.6 is 0 Å². The van der Waals surface area contributed by atoms with Gasteiger partial charge in [0.2, 0.25) is 0 Å². The topological polar surface area (TPSA) is 51.2 Å². The first-order valence-corrected chi connectivity index (χ1v) is 5.71. The molecule has 0 aliphatic heterocycles. The third kappa shape index (κ3) is 2.06. The quantitative estimate of drug-likeness (QED) is 0.859. The number of halogens is 1. The minimum absolute atomic E-state index is 0.120. The number of fused-ring (bicyclic) bond motifs is 1. The second kappa shape index (κ2) is 4.47. The molecule has 0 fully saturated rings. The third-order valence-corrected chi connectivity index (χ3v) is 2.92. The van der Waals surface area contributed by atoms with Crippen LogP contribution in [0.15, 0.2) is 24.3 Å². The van der Waals surface area contributed by atoms with Crippen molar-refractivity contribution in [1.82, 2.24) is 4.57 Å². The van der Waals surface area contributed by atoms with Crippen LogP contribution in [-0.4, -0.2) is 16.3 Å².